The molecule has 0 saturated carbocycles. The average Bonchev–Trinajstić information content (AvgIpc) is 3.66. The zero-order chi connectivity index (χ0) is 47.2. The molecule has 358 valence electrons. The molecule has 2 aromatic heterocycles. The Balaban J connectivity index is 0.000000815. The first-order chi connectivity index (χ1) is 26.7. The number of benzene rings is 1. The van der Waals surface area contributed by atoms with E-state index in [0.29, 0.717) is 48.7 Å². The van der Waals surface area contributed by atoms with Crippen LogP contribution in [0.5, 0.6) is 0 Å². The van der Waals surface area contributed by atoms with Gasteiger partial charge in [0.15, 0.2) is 0 Å². The smallest absolute Gasteiger partial charge is 0.0737 e. The van der Waals surface area contributed by atoms with E-state index in [1.807, 2.05) is 22.7 Å². The summed E-state index contributed by atoms with van der Waals surface area (Å²) in [5, 5.41) is 2.70. The number of rotatable bonds is 2. The van der Waals surface area contributed by atoms with Gasteiger partial charge >= 0.3 is 0 Å². The first-order valence-electron chi connectivity index (χ1n) is 22.7. The Bertz CT molecular complexity index is 1890. The molecule has 0 fully saturated rings. The van der Waals surface area contributed by atoms with E-state index in [-0.39, 0.29) is 43.7 Å². The van der Waals surface area contributed by atoms with E-state index in [1.165, 1.54) is 57.4 Å². The van der Waals surface area contributed by atoms with Gasteiger partial charge in [-0.3, -0.25) is 0 Å². The molecule has 0 aliphatic heterocycles. The number of allylic oxidation sites excluding steroid dienone is 4. The maximum absolute atomic E-state index is 3.61. The second kappa shape index (κ2) is 22.5. The van der Waals surface area contributed by atoms with Crippen molar-refractivity contribution < 1.29 is 20.4 Å². The first kappa shape index (κ1) is 62.1. The van der Waals surface area contributed by atoms with Crippen LogP contribution in [-0.4, -0.2) is 30.9 Å². The summed E-state index contributed by atoms with van der Waals surface area (Å²) in [7, 11) is 0.0324. The van der Waals surface area contributed by atoms with Gasteiger partial charge in [-0.1, -0.05) is 211 Å². The minimum atomic E-state index is 0. The van der Waals surface area contributed by atoms with Gasteiger partial charge < -0.3 is 0 Å². The molecule has 2 aliphatic rings. The average molecular weight is 1080 g/mol. The third-order valence-corrected chi connectivity index (χ3v) is 24.0. The SMILES string of the molecule is C.CC(C)(C)P(C(C)(C)C)C(C)(C)C.CC(C)(C)P(C(C)(C)C)C(C)(C)C.CC1=C(C)C(C)c2c1sc(-c1ccccc1C(C)C)c2C.CC1=C(C)C(C)c2c1sc(Br)c2C.[Pd]. The summed E-state index contributed by atoms with van der Waals surface area (Å²) in [4.78, 5) is 4.49. The summed E-state index contributed by atoms with van der Waals surface area (Å²) in [5.74, 6) is 1.77. The predicted octanol–water partition coefficient (Wildman–Crippen LogP) is 21.8. The van der Waals surface area contributed by atoms with Crippen molar-refractivity contribution in [3.05, 3.63) is 76.8 Å². The molecular formula is C56H95BrP2PdS2. The van der Waals surface area contributed by atoms with Gasteiger partial charge in [-0.15, -0.1) is 22.7 Å². The van der Waals surface area contributed by atoms with Crippen molar-refractivity contribution in [2.45, 2.75) is 250 Å². The van der Waals surface area contributed by atoms with Crippen molar-refractivity contribution in [1.29, 1.82) is 0 Å². The van der Waals surface area contributed by atoms with Gasteiger partial charge in [-0.25, -0.2) is 0 Å². The Kier molecular flexibility index (Phi) is 22.5. The molecule has 6 heteroatoms. The van der Waals surface area contributed by atoms with Crippen molar-refractivity contribution >= 4 is 65.6 Å². The van der Waals surface area contributed by atoms with E-state index in [1.54, 1.807) is 16.7 Å². The van der Waals surface area contributed by atoms with Gasteiger partial charge in [0.25, 0.3) is 0 Å². The van der Waals surface area contributed by atoms with Crippen LogP contribution in [0.15, 0.2) is 39.2 Å². The third kappa shape index (κ3) is 14.8. The van der Waals surface area contributed by atoms with E-state index in [4.69, 9.17) is 0 Å². The van der Waals surface area contributed by atoms with Crippen LogP contribution < -0.4 is 0 Å². The van der Waals surface area contributed by atoms with Gasteiger partial charge in [-0.2, -0.15) is 0 Å². The summed E-state index contributed by atoms with van der Waals surface area (Å²) >= 11 is 7.48. The quantitative estimate of drug-likeness (QED) is 0.177. The second-order valence-corrected chi connectivity index (χ2v) is 36.8. The molecule has 2 heterocycles. The molecule has 5 rings (SSSR count). The molecule has 0 radical (unpaired) electrons. The van der Waals surface area contributed by atoms with Gasteiger partial charge in [0.1, 0.15) is 0 Å². The minimum absolute atomic E-state index is 0. The Morgan fingerprint density at radius 3 is 1.08 bits per heavy atom. The number of hydrogen-bond acceptors (Lipinski definition) is 2. The van der Waals surface area contributed by atoms with E-state index in [9.17, 15) is 0 Å². The van der Waals surface area contributed by atoms with Crippen LogP contribution in [0.4, 0.5) is 0 Å². The largest absolute Gasteiger partial charge is 0.135 e. The molecule has 0 nitrogen and oxygen atoms in total. The van der Waals surface area contributed by atoms with E-state index in [0.717, 1.165) is 0 Å². The molecule has 0 spiro atoms. The molecule has 0 amide bonds. The fraction of sp³-hybridized carbons (Fsp3) is 0.679. The van der Waals surface area contributed by atoms with E-state index < -0.39 is 0 Å². The maximum atomic E-state index is 3.61. The fourth-order valence-corrected chi connectivity index (χ4v) is 27.1. The summed E-state index contributed by atoms with van der Waals surface area (Å²) < 4.78 is 1.30. The van der Waals surface area contributed by atoms with Crippen molar-refractivity contribution in [2.24, 2.45) is 0 Å². The van der Waals surface area contributed by atoms with Crippen LogP contribution in [0.25, 0.3) is 21.6 Å². The Hall–Kier alpha value is 0.102. The molecule has 2 atom stereocenters. The maximum Gasteiger partial charge on any atom is 0.0737 e. The molecular weight excluding hydrogens is 985 g/mol. The van der Waals surface area contributed by atoms with Gasteiger partial charge in [0.05, 0.1) is 3.79 Å². The summed E-state index contributed by atoms with van der Waals surface area (Å²) in [6.07, 6.45) is 0. The number of halogens is 1. The van der Waals surface area contributed by atoms with Crippen LogP contribution in [0, 0.1) is 13.8 Å². The molecule has 0 N–H and O–H groups in total. The summed E-state index contributed by atoms with van der Waals surface area (Å²) in [6, 6.07) is 8.90. The first-order valence-corrected chi connectivity index (χ1v) is 27.8. The van der Waals surface area contributed by atoms with Crippen molar-refractivity contribution in [3.63, 3.8) is 0 Å². The molecule has 0 saturated heterocycles. The van der Waals surface area contributed by atoms with Crippen LogP contribution in [0.3, 0.4) is 0 Å². The van der Waals surface area contributed by atoms with Crippen molar-refractivity contribution in [3.8, 4) is 10.4 Å². The Labute approximate surface area is 419 Å². The fourth-order valence-electron chi connectivity index (χ4n) is 11.6. The van der Waals surface area contributed by atoms with Gasteiger partial charge in [0.2, 0.25) is 0 Å². The molecule has 3 aromatic rings. The topological polar surface area (TPSA) is 0 Å². The molecule has 1 aromatic carbocycles. The molecule has 2 aliphatic carbocycles. The summed E-state index contributed by atoms with van der Waals surface area (Å²) in [5.41, 5.74) is 15.0. The molecule has 62 heavy (non-hydrogen) atoms. The molecule has 2 unspecified atom stereocenters. The summed E-state index contributed by atoms with van der Waals surface area (Å²) in [6.45, 7) is 65.7. The van der Waals surface area contributed by atoms with Crippen LogP contribution in [0.1, 0.15) is 243 Å². The van der Waals surface area contributed by atoms with Gasteiger partial charge in [-0.05, 0) is 139 Å². The Morgan fingerprint density at radius 2 is 0.806 bits per heavy atom. The monoisotopic (exact) mass is 1080 g/mol. The number of thiophene rings is 2. The standard InChI is InChI=1S/C20H24S.2C12H27P.C11H13BrS.CH4.Pd/c1-11(2)16-9-7-8-10-17(16)19-15(6)18-13(4)12(3)14(5)20(18)21-19;2*1-10(2,3)13(11(4,5)6)12(7,8)9;1-5-6(2)9-8(4)11(12)13-10(9)7(5)3;;/h7-11,13H,1-6H3;2*1-9H3;6H,1-4H3;1H4;. The molecule has 0 bridgehead atoms. The normalized spacial score (nSPS) is 16.8. The van der Waals surface area contributed by atoms with Gasteiger partial charge in [0, 0.05) is 46.9 Å². The number of hydrogen-bond donors (Lipinski definition) is 0. The van der Waals surface area contributed by atoms with Crippen LogP contribution in [0.2, 0.25) is 0 Å². The predicted molar refractivity (Wildman–Crippen MR) is 298 cm³/mol. The van der Waals surface area contributed by atoms with Crippen molar-refractivity contribution in [1.82, 2.24) is 0 Å². The van der Waals surface area contributed by atoms with Crippen LogP contribution in [-0.2, 0) is 20.4 Å². The Morgan fingerprint density at radius 1 is 0.500 bits per heavy atom. The van der Waals surface area contributed by atoms with Crippen LogP contribution >= 0.6 is 54.4 Å². The minimum Gasteiger partial charge on any atom is -0.135 e. The van der Waals surface area contributed by atoms with E-state index in [2.05, 4.69) is 234 Å². The zero-order valence-corrected chi connectivity index (χ0v) is 51.0. The third-order valence-electron chi connectivity index (χ3n) is 12.2. The number of fused-ring (bicyclic) bond motifs is 2. The van der Waals surface area contributed by atoms with Crippen molar-refractivity contribution in [2.75, 3.05) is 0 Å². The second-order valence-electron chi connectivity index (χ2n) is 24.0. The zero-order valence-electron chi connectivity index (χ0n) is 44.4. The van der Waals surface area contributed by atoms with E-state index >= 15 is 0 Å².